The Bertz CT molecular complexity index is 201. The minimum absolute atomic E-state index is 0.328. The number of hydrogen-bond donors (Lipinski definition) is 1. The van der Waals surface area contributed by atoms with Gasteiger partial charge >= 0.3 is 0 Å². The van der Waals surface area contributed by atoms with Crippen LogP contribution in [0.3, 0.4) is 0 Å². The first-order valence-corrected chi connectivity index (χ1v) is 6.60. The average molecular weight is 210 g/mol. The van der Waals surface area contributed by atoms with Crippen LogP contribution in [0.2, 0.25) is 0 Å². The predicted molar refractivity (Wildman–Crippen MR) is 64.8 cm³/mol. The van der Waals surface area contributed by atoms with Gasteiger partial charge in [-0.2, -0.15) is 0 Å². The summed E-state index contributed by atoms with van der Waals surface area (Å²) < 4.78 is 0. The first-order chi connectivity index (χ1) is 7.17. The summed E-state index contributed by atoms with van der Waals surface area (Å²) in [6.45, 7) is 0. The Morgan fingerprint density at radius 2 is 1.60 bits per heavy atom. The lowest BCUT2D eigenvalue weighted by Crippen LogP contribution is -2.58. The second-order valence-corrected chi connectivity index (χ2v) is 5.78. The summed E-state index contributed by atoms with van der Waals surface area (Å²) in [7, 11) is 4.44. The smallest absolute Gasteiger partial charge is 0.0357 e. The van der Waals surface area contributed by atoms with Gasteiger partial charge in [-0.05, 0) is 45.7 Å². The Morgan fingerprint density at radius 1 is 1.07 bits per heavy atom. The quantitative estimate of drug-likeness (QED) is 0.775. The molecule has 0 aromatic carbocycles. The molecule has 0 aromatic rings. The van der Waals surface area contributed by atoms with E-state index in [0.717, 1.165) is 5.92 Å². The Hall–Kier alpha value is -0.0800. The molecular weight excluding hydrogens is 184 g/mol. The molecule has 1 atom stereocenters. The number of hydrogen-bond acceptors (Lipinski definition) is 2. The molecule has 2 N–H and O–H groups in total. The van der Waals surface area contributed by atoms with E-state index in [0.29, 0.717) is 11.6 Å². The van der Waals surface area contributed by atoms with E-state index in [2.05, 4.69) is 19.0 Å². The molecule has 2 rings (SSSR count). The van der Waals surface area contributed by atoms with Crippen LogP contribution in [0, 0.1) is 5.92 Å². The van der Waals surface area contributed by atoms with Gasteiger partial charge in [-0.3, -0.25) is 0 Å². The van der Waals surface area contributed by atoms with Crippen LogP contribution in [-0.2, 0) is 0 Å². The van der Waals surface area contributed by atoms with E-state index in [1.165, 1.54) is 51.4 Å². The molecule has 2 nitrogen and oxygen atoms in total. The van der Waals surface area contributed by atoms with Gasteiger partial charge in [-0.25, -0.2) is 0 Å². The second-order valence-electron chi connectivity index (χ2n) is 5.78. The zero-order chi connectivity index (χ0) is 10.9. The fourth-order valence-electron chi connectivity index (χ4n) is 3.82. The largest absolute Gasteiger partial charge is 0.326 e. The summed E-state index contributed by atoms with van der Waals surface area (Å²) in [6.07, 6.45) is 10.9. The van der Waals surface area contributed by atoms with Crippen molar-refractivity contribution in [1.29, 1.82) is 0 Å². The molecule has 0 aliphatic heterocycles. The number of nitrogens with zero attached hydrogens (tertiary/aromatic N) is 1. The number of nitrogens with two attached hydrogens (primary N) is 1. The molecule has 15 heavy (non-hydrogen) atoms. The normalized spacial score (nSPS) is 28.8. The van der Waals surface area contributed by atoms with Crippen molar-refractivity contribution < 1.29 is 0 Å². The van der Waals surface area contributed by atoms with E-state index < -0.39 is 0 Å². The van der Waals surface area contributed by atoms with Gasteiger partial charge in [0.2, 0.25) is 0 Å². The lowest BCUT2D eigenvalue weighted by atomic mass is 9.79. The molecule has 0 aromatic heterocycles. The lowest BCUT2D eigenvalue weighted by Gasteiger charge is -2.44. The predicted octanol–water partition coefficient (Wildman–Crippen LogP) is 2.38. The van der Waals surface area contributed by atoms with Crippen molar-refractivity contribution in [1.82, 2.24) is 4.90 Å². The minimum atomic E-state index is 0.328. The SMILES string of the molecule is CN(C)C1(C(N)C2CCCC2)CCCC1. The standard InChI is InChI=1S/C13H26N2/c1-15(2)13(9-5-6-10-13)12(14)11-7-3-4-8-11/h11-12H,3-10,14H2,1-2H3. The molecule has 88 valence electrons. The highest BCUT2D eigenvalue weighted by atomic mass is 15.2. The van der Waals surface area contributed by atoms with Gasteiger partial charge in [0, 0.05) is 11.6 Å². The van der Waals surface area contributed by atoms with Gasteiger partial charge in [-0.15, -0.1) is 0 Å². The van der Waals surface area contributed by atoms with E-state index in [1.54, 1.807) is 0 Å². The summed E-state index contributed by atoms with van der Waals surface area (Å²) in [6, 6.07) is 0.414. The molecule has 2 saturated carbocycles. The molecule has 0 saturated heterocycles. The summed E-state index contributed by atoms with van der Waals surface area (Å²) >= 11 is 0. The zero-order valence-electron chi connectivity index (χ0n) is 10.3. The fraction of sp³-hybridized carbons (Fsp3) is 1.00. The summed E-state index contributed by atoms with van der Waals surface area (Å²) in [5.41, 5.74) is 6.91. The number of rotatable bonds is 3. The van der Waals surface area contributed by atoms with Crippen LogP contribution >= 0.6 is 0 Å². The molecule has 0 bridgehead atoms. The molecule has 1 unspecified atom stereocenters. The van der Waals surface area contributed by atoms with Gasteiger partial charge in [0.05, 0.1) is 0 Å². The number of likely N-dealkylation sites (N-methyl/N-ethyl adjacent to an activating group) is 1. The third kappa shape index (κ3) is 1.94. The molecule has 2 aliphatic carbocycles. The van der Waals surface area contributed by atoms with Crippen molar-refractivity contribution >= 4 is 0 Å². The maximum Gasteiger partial charge on any atom is 0.0357 e. The van der Waals surface area contributed by atoms with Crippen LogP contribution in [0.1, 0.15) is 51.4 Å². The van der Waals surface area contributed by atoms with Gasteiger partial charge in [0.1, 0.15) is 0 Å². The van der Waals surface area contributed by atoms with E-state index in [1.807, 2.05) is 0 Å². The third-order valence-corrected chi connectivity index (χ3v) is 4.89. The van der Waals surface area contributed by atoms with Crippen molar-refractivity contribution in [2.75, 3.05) is 14.1 Å². The van der Waals surface area contributed by atoms with Crippen molar-refractivity contribution in [3.8, 4) is 0 Å². The van der Waals surface area contributed by atoms with E-state index in [-0.39, 0.29) is 0 Å². The first kappa shape index (κ1) is 11.4. The van der Waals surface area contributed by atoms with Crippen LogP contribution < -0.4 is 5.73 Å². The van der Waals surface area contributed by atoms with Crippen LogP contribution in [0.5, 0.6) is 0 Å². The van der Waals surface area contributed by atoms with Crippen LogP contribution in [0.4, 0.5) is 0 Å². The van der Waals surface area contributed by atoms with Gasteiger partial charge in [-0.1, -0.05) is 25.7 Å². The van der Waals surface area contributed by atoms with Crippen LogP contribution in [0.25, 0.3) is 0 Å². The monoisotopic (exact) mass is 210 g/mol. The molecule has 2 fully saturated rings. The summed E-state index contributed by atoms with van der Waals surface area (Å²) in [5, 5.41) is 0. The molecule has 0 heterocycles. The van der Waals surface area contributed by atoms with E-state index >= 15 is 0 Å². The Kier molecular flexibility index (Phi) is 3.36. The minimum Gasteiger partial charge on any atom is -0.326 e. The van der Waals surface area contributed by atoms with Gasteiger partial charge in [0.25, 0.3) is 0 Å². The van der Waals surface area contributed by atoms with E-state index in [4.69, 9.17) is 5.73 Å². The molecule has 2 heteroatoms. The lowest BCUT2D eigenvalue weighted by molar-refractivity contribution is 0.0950. The average Bonchev–Trinajstić information content (AvgIpc) is 2.89. The van der Waals surface area contributed by atoms with Crippen molar-refractivity contribution in [2.24, 2.45) is 11.7 Å². The third-order valence-electron chi connectivity index (χ3n) is 4.89. The summed E-state index contributed by atoms with van der Waals surface area (Å²) in [4.78, 5) is 2.42. The van der Waals surface area contributed by atoms with Crippen molar-refractivity contribution in [3.63, 3.8) is 0 Å². The second kappa shape index (κ2) is 4.42. The van der Waals surface area contributed by atoms with Gasteiger partial charge in [0.15, 0.2) is 0 Å². The van der Waals surface area contributed by atoms with Gasteiger partial charge < -0.3 is 10.6 Å². The highest BCUT2D eigenvalue weighted by Crippen LogP contribution is 2.41. The fourth-order valence-corrected chi connectivity index (χ4v) is 3.82. The molecule has 0 amide bonds. The molecule has 0 spiro atoms. The Labute approximate surface area is 94.2 Å². The first-order valence-electron chi connectivity index (χ1n) is 6.60. The molecule has 0 radical (unpaired) electrons. The van der Waals surface area contributed by atoms with Crippen LogP contribution in [0.15, 0.2) is 0 Å². The highest BCUT2D eigenvalue weighted by molar-refractivity contribution is 5.03. The van der Waals surface area contributed by atoms with Crippen LogP contribution in [-0.4, -0.2) is 30.6 Å². The Balaban J connectivity index is 2.09. The maximum atomic E-state index is 6.58. The Morgan fingerprint density at radius 3 is 2.07 bits per heavy atom. The molecule has 2 aliphatic rings. The van der Waals surface area contributed by atoms with Crippen molar-refractivity contribution in [3.05, 3.63) is 0 Å². The van der Waals surface area contributed by atoms with E-state index in [9.17, 15) is 0 Å². The summed E-state index contributed by atoms with van der Waals surface area (Å²) in [5.74, 6) is 0.797. The maximum absolute atomic E-state index is 6.58. The zero-order valence-corrected chi connectivity index (χ0v) is 10.3. The highest BCUT2D eigenvalue weighted by Gasteiger charge is 2.44. The van der Waals surface area contributed by atoms with Crippen molar-refractivity contribution in [2.45, 2.75) is 62.9 Å². The molecular formula is C13H26N2. The topological polar surface area (TPSA) is 29.3 Å².